The minimum Gasteiger partial charge on any atom is -0.386 e. The summed E-state index contributed by atoms with van der Waals surface area (Å²) in [7, 11) is 1.98. The van der Waals surface area contributed by atoms with Gasteiger partial charge in [0.25, 0.3) is 0 Å². The normalized spacial score (nSPS) is 22.5. The third-order valence-corrected chi connectivity index (χ3v) is 4.32. The van der Waals surface area contributed by atoms with Crippen molar-refractivity contribution in [3.05, 3.63) is 24.3 Å². The molecule has 0 aromatic heterocycles. The lowest BCUT2D eigenvalue weighted by Crippen LogP contribution is -2.55. The number of rotatable bonds is 2. The summed E-state index contributed by atoms with van der Waals surface area (Å²) in [6.07, 6.45) is 2.22. The summed E-state index contributed by atoms with van der Waals surface area (Å²) in [4.78, 5) is 2.47. The monoisotopic (exact) mass is 261 g/mol. The molecule has 104 valence electrons. The molecule has 2 aliphatic heterocycles. The number of ether oxygens (including phenoxy) is 1. The number of para-hydroxylation sites is 2. The highest BCUT2D eigenvalue weighted by molar-refractivity contribution is 5.69. The van der Waals surface area contributed by atoms with Gasteiger partial charge in [-0.15, -0.1) is 0 Å². The second-order valence-corrected chi connectivity index (χ2v) is 5.46. The van der Waals surface area contributed by atoms with Crippen LogP contribution in [0.2, 0.25) is 0 Å². The molecule has 3 rings (SSSR count). The van der Waals surface area contributed by atoms with E-state index in [4.69, 9.17) is 4.74 Å². The summed E-state index contributed by atoms with van der Waals surface area (Å²) < 4.78 is 6.04. The molecule has 2 fully saturated rings. The Morgan fingerprint density at radius 1 is 1.26 bits per heavy atom. The van der Waals surface area contributed by atoms with Crippen LogP contribution < -0.4 is 15.5 Å². The fourth-order valence-corrected chi connectivity index (χ4v) is 3.14. The molecule has 0 amide bonds. The lowest BCUT2D eigenvalue weighted by Gasteiger charge is -2.45. The number of hydrogen-bond donors (Lipinski definition) is 2. The number of piperidine rings is 1. The molecule has 0 bridgehead atoms. The van der Waals surface area contributed by atoms with E-state index in [0.717, 1.165) is 45.6 Å². The minimum atomic E-state index is 0.0866. The fourth-order valence-electron chi connectivity index (χ4n) is 3.14. The zero-order chi connectivity index (χ0) is 13.1. The summed E-state index contributed by atoms with van der Waals surface area (Å²) in [5.41, 5.74) is 2.60. The van der Waals surface area contributed by atoms with Crippen molar-refractivity contribution < 1.29 is 4.74 Å². The van der Waals surface area contributed by atoms with E-state index in [1.165, 1.54) is 11.4 Å². The predicted octanol–water partition coefficient (Wildman–Crippen LogP) is 1.69. The van der Waals surface area contributed by atoms with E-state index in [9.17, 15) is 0 Å². The minimum absolute atomic E-state index is 0.0866. The third kappa shape index (κ3) is 2.55. The average Bonchev–Trinajstić information content (AvgIpc) is 2.49. The molecule has 2 aliphatic rings. The number of hydrogen-bond acceptors (Lipinski definition) is 4. The summed E-state index contributed by atoms with van der Waals surface area (Å²) in [6.45, 7) is 5.00. The van der Waals surface area contributed by atoms with Gasteiger partial charge in [0.1, 0.15) is 0 Å². The van der Waals surface area contributed by atoms with Crippen LogP contribution in [0.4, 0.5) is 11.4 Å². The zero-order valence-electron chi connectivity index (χ0n) is 11.6. The standard InChI is InChI=1S/C15H23N3O/c1-16-13-4-2-3-5-14(13)18-9-6-15(7-10-18)12-17-8-11-19-15/h2-5,16-17H,6-12H2,1H3. The molecule has 1 aromatic rings. The third-order valence-electron chi connectivity index (χ3n) is 4.32. The van der Waals surface area contributed by atoms with Crippen molar-refractivity contribution in [2.24, 2.45) is 0 Å². The van der Waals surface area contributed by atoms with Gasteiger partial charge in [0.15, 0.2) is 0 Å². The highest BCUT2D eigenvalue weighted by atomic mass is 16.5. The van der Waals surface area contributed by atoms with Crippen molar-refractivity contribution >= 4 is 11.4 Å². The van der Waals surface area contributed by atoms with Crippen LogP contribution in [0.25, 0.3) is 0 Å². The molecule has 0 aliphatic carbocycles. The quantitative estimate of drug-likeness (QED) is 0.849. The van der Waals surface area contributed by atoms with Crippen LogP contribution >= 0.6 is 0 Å². The second-order valence-electron chi connectivity index (χ2n) is 5.46. The number of morpholine rings is 1. The van der Waals surface area contributed by atoms with E-state index < -0.39 is 0 Å². The van der Waals surface area contributed by atoms with Gasteiger partial charge in [0.05, 0.1) is 23.6 Å². The SMILES string of the molecule is CNc1ccccc1N1CCC2(CC1)CNCCO2. The summed E-state index contributed by atoms with van der Waals surface area (Å²) in [6, 6.07) is 8.52. The molecule has 4 heteroatoms. The first-order chi connectivity index (χ1) is 9.33. The molecule has 2 saturated heterocycles. The zero-order valence-corrected chi connectivity index (χ0v) is 11.6. The van der Waals surface area contributed by atoms with Gasteiger partial charge in [-0.1, -0.05) is 12.1 Å². The van der Waals surface area contributed by atoms with Gasteiger partial charge in [-0.3, -0.25) is 0 Å². The average molecular weight is 261 g/mol. The van der Waals surface area contributed by atoms with Crippen LogP contribution in [0.15, 0.2) is 24.3 Å². The second kappa shape index (κ2) is 5.39. The van der Waals surface area contributed by atoms with Gasteiger partial charge in [-0.05, 0) is 25.0 Å². The summed E-state index contributed by atoms with van der Waals surface area (Å²) in [5.74, 6) is 0. The first-order valence-electron chi connectivity index (χ1n) is 7.19. The first kappa shape index (κ1) is 12.8. The summed E-state index contributed by atoms with van der Waals surface area (Å²) >= 11 is 0. The molecule has 2 heterocycles. The molecule has 0 atom stereocenters. The maximum absolute atomic E-state index is 6.04. The predicted molar refractivity (Wildman–Crippen MR) is 79.0 cm³/mol. The van der Waals surface area contributed by atoms with Crippen molar-refractivity contribution in [2.45, 2.75) is 18.4 Å². The summed E-state index contributed by atoms with van der Waals surface area (Å²) in [5, 5.41) is 6.75. The molecule has 0 radical (unpaired) electrons. The van der Waals surface area contributed by atoms with Crippen molar-refractivity contribution in [1.29, 1.82) is 0 Å². The van der Waals surface area contributed by atoms with Crippen LogP contribution in [0.5, 0.6) is 0 Å². The van der Waals surface area contributed by atoms with E-state index in [-0.39, 0.29) is 5.60 Å². The van der Waals surface area contributed by atoms with Gasteiger partial charge in [-0.2, -0.15) is 0 Å². The molecule has 4 nitrogen and oxygen atoms in total. The number of nitrogens with zero attached hydrogens (tertiary/aromatic N) is 1. The lowest BCUT2D eigenvalue weighted by molar-refractivity contribution is -0.0799. The Morgan fingerprint density at radius 2 is 2.05 bits per heavy atom. The Kier molecular flexibility index (Phi) is 3.62. The van der Waals surface area contributed by atoms with Crippen molar-refractivity contribution in [2.75, 3.05) is 50.1 Å². The smallest absolute Gasteiger partial charge is 0.0840 e. The number of benzene rings is 1. The molecule has 0 unspecified atom stereocenters. The van der Waals surface area contributed by atoms with Crippen LogP contribution in [-0.2, 0) is 4.74 Å². The van der Waals surface area contributed by atoms with Crippen molar-refractivity contribution in [3.63, 3.8) is 0 Å². The van der Waals surface area contributed by atoms with Crippen LogP contribution in [0.3, 0.4) is 0 Å². The molecule has 19 heavy (non-hydrogen) atoms. The van der Waals surface area contributed by atoms with E-state index in [2.05, 4.69) is 39.8 Å². The highest BCUT2D eigenvalue weighted by Crippen LogP contribution is 2.33. The van der Waals surface area contributed by atoms with E-state index in [1.54, 1.807) is 0 Å². The van der Waals surface area contributed by atoms with E-state index >= 15 is 0 Å². The molecular formula is C15H23N3O. The van der Waals surface area contributed by atoms with Gasteiger partial charge in [0, 0.05) is 33.2 Å². The maximum Gasteiger partial charge on any atom is 0.0840 e. The Balaban J connectivity index is 1.69. The van der Waals surface area contributed by atoms with Crippen molar-refractivity contribution in [1.82, 2.24) is 5.32 Å². The maximum atomic E-state index is 6.04. The van der Waals surface area contributed by atoms with Gasteiger partial charge in [-0.25, -0.2) is 0 Å². The largest absolute Gasteiger partial charge is 0.386 e. The van der Waals surface area contributed by atoms with Crippen LogP contribution in [0, 0.1) is 0 Å². The Bertz CT molecular complexity index is 419. The first-order valence-corrected chi connectivity index (χ1v) is 7.19. The lowest BCUT2D eigenvalue weighted by atomic mass is 9.89. The molecule has 2 N–H and O–H groups in total. The molecule has 0 saturated carbocycles. The topological polar surface area (TPSA) is 36.5 Å². The van der Waals surface area contributed by atoms with Crippen LogP contribution in [-0.4, -0.2) is 45.4 Å². The number of nitrogens with one attached hydrogen (secondary N) is 2. The van der Waals surface area contributed by atoms with E-state index in [1.807, 2.05) is 7.05 Å². The van der Waals surface area contributed by atoms with Crippen molar-refractivity contribution in [3.8, 4) is 0 Å². The van der Waals surface area contributed by atoms with Crippen LogP contribution in [0.1, 0.15) is 12.8 Å². The van der Waals surface area contributed by atoms with Gasteiger partial charge < -0.3 is 20.3 Å². The number of anilines is 2. The fraction of sp³-hybridized carbons (Fsp3) is 0.600. The Labute approximate surface area is 115 Å². The van der Waals surface area contributed by atoms with Gasteiger partial charge in [0.2, 0.25) is 0 Å². The molecule has 1 aromatic carbocycles. The Hall–Kier alpha value is -1.26. The highest BCUT2D eigenvalue weighted by Gasteiger charge is 2.37. The van der Waals surface area contributed by atoms with E-state index in [0.29, 0.717) is 0 Å². The Morgan fingerprint density at radius 3 is 2.74 bits per heavy atom. The van der Waals surface area contributed by atoms with Gasteiger partial charge >= 0.3 is 0 Å². The molecule has 1 spiro atoms. The molecular weight excluding hydrogens is 238 g/mol.